The molecule has 1 saturated heterocycles. The Balaban J connectivity index is 1.81. The van der Waals surface area contributed by atoms with Crippen LogP contribution in [0.25, 0.3) is 6.08 Å². The Morgan fingerprint density at radius 2 is 1.92 bits per heavy atom. The predicted molar refractivity (Wildman–Crippen MR) is 93.8 cm³/mol. The van der Waals surface area contributed by atoms with E-state index in [4.69, 9.17) is 4.74 Å². The number of amides is 2. The molecule has 1 aromatic carbocycles. The zero-order valence-corrected chi connectivity index (χ0v) is 14.3. The monoisotopic (exact) mass is 331 g/mol. The van der Waals surface area contributed by atoms with Crippen LogP contribution in [0.3, 0.4) is 0 Å². The first-order valence-electron chi connectivity index (χ1n) is 8.15. The molecule has 1 N–H and O–H groups in total. The molecule has 0 unspecified atom stereocenters. The number of hydrogen-bond donors (Lipinski definition) is 1. The molecule has 130 valence electrons. The third kappa shape index (κ3) is 5.47. The summed E-state index contributed by atoms with van der Waals surface area (Å²) in [6.07, 6.45) is 3.33. The molecule has 0 radical (unpaired) electrons. The lowest BCUT2D eigenvalue weighted by Gasteiger charge is -2.28. The van der Waals surface area contributed by atoms with Crippen molar-refractivity contribution < 1.29 is 14.3 Å². The minimum atomic E-state index is -0.121. The lowest BCUT2D eigenvalue weighted by Crippen LogP contribution is -2.41. The Bertz CT molecular complexity index is 578. The van der Waals surface area contributed by atoms with Crippen LogP contribution >= 0.6 is 0 Å². The molecule has 24 heavy (non-hydrogen) atoms. The molecule has 2 amide bonds. The molecule has 6 nitrogen and oxygen atoms in total. The van der Waals surface area contributed by atoms with Crippen molar-refractivity contribution in [1.29, 1.82) is 0 Å². The molecule has 2 rings (SSSR count). The van der Waals surface area contributed by atoms with Crippen LogP contribution in [0.1, 0.15) is 15.9 Å². The van der Waals surface area contributed by atoms with Gasteiger partial charge in [0, 0.05) is 51.9 Å². The molecule has 0 aliphatic carbocycles. The third-order valence-corrected chi connectivity index (χ3v) is 4.05. The number of likely N-dealkylation sites (N-methyl/N-ethyl adjacent to an activating group) is 1. The Kier molecular flexibility index (Phi) is 6.96. The maximum atomic E-state index is 12.1. The van der Waals surface area contributed by atoms with Crippen molar-refractivity contribution in [2.75, 3.05) is 53.5 Å². The van der Waals surface area contributed by atoms with Gasteiger partial charge >= 0.3 is 0 Å². The van der Waals surface area contributed by atoms with Gasteiger partial charge in [0.05, 0.1) is 13.2 Å². The first-order valence-corrected chi connectivity index (χ1v) is 8.15. The van der Waals surface area contributed by atoms with Crippen molar-refractivity contribution in [3.05, 3.63) is 41.5 Å². The Hall–Kier alpha value is -2.18. The van der Waals surface area contributed by atoms with E-state index in [1.165, 1.54) is 0 Å². The van der Waals surface area contributed by atoms with Crippen molar-refractivity contribution in [1.82, 2.24) is 15.1 Å². The summed E-state index contributed by atoms with van der Waals surface area (Å²) in [5, 5.41) is 2.58. The average molecular weight is 331 g/mol. The molecule has 1 aliphatic heterocycles. The summed E-state index contributed by atoms with van der Waals surface area (Å²) in [6, 6.07) is 7.13. The van der Waals surface area contributed by atoms with Crippen molar-refractivity contribution in [2.45, 2.75) is 0 Å². The molecule has 0 aromatic heterocycles. The van der Waals surface area contributed by atoms with E-state index in [1.807, 2.05) is 19.2 Å². The molecule has 0 bridgehead atoms. The van der Waals surface area contributed by atoms with Crippen LogP contribution in [-0.4, -0.2) is 75.1 Å². The maximum absolute atomic E-state index is 12.1. The number of rotatable bonds is 6. The van der Waals surface area contributed by atoms with Crippen LogP contribution in [0.4, 0.5) is 0 Å². The van der Waals surface area contributed by atoms with E-state index in [-0.39, 0.29) is 11.8 Å². The smallest absolute Gasteiger partial charge is 0.251 e. The first kappa shape index (κ1) is 18.2. The van der Waals surface area contributed by atoms with Crippen LogP contribution in [0.2, 0.25) is 0 Å². The number of morpholine rings is 1. The zero-order valence-electron chi connectivity index (χ0n) is 14.3. The normalized spacial score (nSPS) is 15.4. The van der Waals surface area contributed by atoms with Gasteiger partial charge < -0.3 is 15.0 Å². The number of hydrogen-bond acceptors (Lipinski definition) is 4. The number of benzene rings is 1. The van der Waals surface area contributed by atoms with Crippen LogP contribution in [0.5, 0.6) is 0 Å². The van der Waals surface area contributed by atoms with E-state index in [0.29, 0.717) is 12.1 Å². The lowest BCUT2D eigenvalue weighted by molar-refractivity contribution is -0.125. The van der Waals surface area contributed by atoms with Gasteiger partial charge in [0.1, 0.15) is 0 Å². The van der Waals surface area contributed by atoms with Gasteiger partial charge in [0.15, 0.2) is 0 Å². The molecule has 0 atom stereocenters. The van der Waals surface area contributed by atoms with Crippen molar-refractivity contribution >= 4 is 17.9 Å². The minimum Gasteiger partial charge on any atom is -0.379 e. The summed E-state index contributed by atoms with van der Waals surface area (Å²) in [7, 11) is 3.41. The zero-order chi connectivity index (χ0) is 17.4. The molecule has 1 heterocycles. The fourth-order valence-corrected chi connectivity index (χ4v) is 2.41. The first-order chi connectivity index (χ1) is 11.6. The number of nitrogens with one attached hydrogen (secondary N) is 1. The van der Waals surface area contributed by atoms with E-state index in [0.717, 1.165) is 38.4 Å². The number of nitrogens with zero attached hydrogens (tertiary/aromatic N) is 2. The molecule has 1 fully saturated rings. The molecular formula is C18H25N3O3. The van der Waals surface area contributed by atoms with Crippen LogP contribution in [0, 0.1) is 0 Å². The van der Waals surface area contributed by atoms with E-state index in [1.54, 1.807) is 36.2 Å². The summed E-state index contributed by atoms with van der Waals surface area (Å²) >= 11 is 0. The molecular weight excluding hydrogens is 306 g/mol. The molecule has 0 saturated carbocycles. The van der Waals surface area contributed by atoms with Crippen molar-refractivity contribution in [3.63, 3.8) is 0 Å². The molecule has 6 heteroatoms. The average Bonchev–Trinajstić information content (AvgIpc) is 2.64. The number of carbonyl (C=O) groups is 2. The Morgan fingerprint density at radius 3 is 2.54 bits per heavy atom. The minimum absolute atomic E-state index is 0.0290. The van der Waals surface area contributed by atoms with E-state index >= 15 is 0 Å². The van der Waals surface area contributed by atoms with Gasteiger partial charge in [0.2, 0.25) is 5.91 Å². The topological polar surface area (TPSA) is 61.9 Å². The van der Waals surface area contributed by atoms with Gasteiger partial charge in [-0.1, -0.05) is 12.1 Å². The fourth-order valence-electron chi connectivity index (χ4n) is 2.41. The highest BCUT2D eigenvalue weighted by Crippen LogP contribution is 2.07. The van der Waals surface area contributed by atoms with E-state index in [2.05, 4.69) is 10.2 Å². The Morgan fingerprint density at radius 1 is 1.25 bits per heavy atom. The highest BCUT2D eigenvalue weighted by atomic mass is 16.5. The maximum Gasteiger partial charge on any atom is 0.251 e. The second kappa shape index (κ2) is 9.20. The predicted octanol–water partition coefficient (Wildman–Crippen LogP) is 0.850. The van der Waals surface area contributed by atoms with E-state index < -0.39 is 0 Å². The molecule has 1 aliphatic rings. The summed E-state index contributed by atoms with van der Waals surface area (Å²) < 4.78 is 5.31. The van der Waals surface area contributed by atoms with Gasteiger partial charge in [-0.05, 0) is 23.8 Å². The van der Waals surface area contributed by atoms with Crippen LogP contribution in [-0.2, 0) is 9.53 Å². The van der Waals surface area contributed by atoms with Gasteiger partial charge in [-0.15, -0.1) is 0 Å². The Labute approximate surface area is 143 Å². The highest BCUT2D eigenvalue weighted by molar-refractivity contribution is 5.94. The van der Waals surface area contributed by atoms with Gasteiger partial charge in [0.25, 0.3) is 5.91 Å². The highest BCUT2D eigenvalue weighted by Gasteiger charge is 2.12. The van der Waals surface area contributed by atoms with Crippen LogP contribution in [0.15, 0.2) is 30.3 Å². The molecule has 1 aromatic rings. The number of carbonyl (C=O) groups excluding carboxylic acids is 2. The summed E-state index contributed by atoms with van der Waals surface area (Å²) in [4.78, 5) is 27.6. The second-order valence-corrected chi connectivity index (χ2v) is 5.75. The number of ether oxygens (including phenoxy) is 1. The summed E-state index contributed by atoms with van der Waals surface area (Å²) in [5.74, 6) is -0.150. The fraction of sp³-hybridized carbons (Fsp3) is 0.444. The summed E-state index contributed by atoms with van der Waals surface area (Å²) in [5.41, 5.74) is 1.49. The standard InChI is InChI=1S/C18H25N3O3/c1-19-18(23)16-6-3-15(4-7-16)5-8-17(22)20(2)9-10-21-11-13-24-14-12-21/h3-8H,9-14H2,1-2H3,(H,19,23). The SMILES string of the molecule is CNC(=O)c1ccc(C=CC(=O)N(C)CCN2CCOCC2)cc1. The van der Waals surface area contributed by atoms with Gasteiger partial charge in [-0.25, -0.2) is 0 Å². The lowest BCUT2D eigenvalue weighted by atomic mass is 10.1. The van der Waals surface area contributed by atoms with Crippen molar-refractivity contribution in [2.24, 2.45) is 0 Å². The second-order valence-electron chi connectivity index (χ2n) is 5.75. The third-order valence-electron chi connectivity index (χ3n) is 4.05. The largest absolute Gasteiger partial charge is 0.379 e. The van der Waals surface area contributed by atoms with Gasteiger partial charge in [-0.2, -0.15) is 0 Å². The quantitative estimate of drug-likeness (QED) is 0.785. The van der Waals surface area contributed by atoms with E-state index in [9.17, 15) is 9.59 Å². The molecule has 0 spiro atoms. The van der Waals surface area contributed by atoms with Gasteiger partial charge in [-0.3, -0.25) is 14.5 Å². The van der Waals surface area contributed by atoms with Crippen molar-refractivity contribution in [3.8, 4) is 0 Å². The van der Waals surface area contributed by atoms with Crippen LogP contribution < -0.4 is 5.32 Å². The summed E-state index contributed by atoms with van der Waals surface area (Å²) in [6.45, 7) is 4.94.